The first-order chi connectivity index (χ1) is 8.49. The summed E-state index contributed by atoms with van der Waals surface area (Å²) in [6, 6.07) is 6.43. The van der Waals surface area contributed by atoms with Crippen LogP contribution in [0.15, 0.2) is 24.3 Å². The molecule has 0 atom stereocenters. The Morgan fingerprint density at radius 3 is 2.94 bits per heavy atom. The summed E-state index contributed by atoms with van der Waals surface area (Å²) in [5, 5.41) is 3.26. The average molecular weight is 250 g/mol. The van der Waals surface area contributed by atoms with E-state index in [0.29, 0.717) is 19.6 Å². The summed E-state index contributed by atoms with van der Waals surface area (Å²) in [7, 11) is 0. The van der Waals surface area contributed by atoms with Crippen molar-refractivity contribution in [1.82, 2.24) is 10.2 Å². The van der Waals surface area contributed by atoms with Crippen LogP contribution in [0.2, 0.25) is 0 Å². The van der Waals surface area contributed by atoms with Crippen LogP contribution in [0.5, 0.6) is 0 Å². The van der Waals surface area contributed by atoms with Crippen molar-refractivity contribution < 1.29 is 9.18 Å². The van der Waals surface area contributed by atoms with Crippen molar-refractivity contribution in [3.63, 3.8) is 0 Å². The third kappa shape index (κ3) is 2.88. The summed E-state index contributed by atoms with van der Waals surface area (Å²) in [4.78, 5) is 14.1. The number of amides is 1. The molecule has 1 aromatic carbocycles. The van der Waals surface area contributed by atoms with Gasteiger partial charge in [0.25, 0.3) is 0 Å². The maximum Gasteiger partial charge on any atom is 0.229 e. The zero-order valence-electron chi connectivity index (χ0n) is 10.9. The number of hydrogen-bond donors (Lipinski definition) is 1. The lowest BCUT2D eigenvalue weighted by Crippen LogP contribution is -2.41. The van der Waals surface area contributed by atoms with Crippen LogP contribution in [-0.2, 0) is 11.3 Å². The molecule has 0 radical (unpaired) electrons. The van der Waals surface area contributed by atoms with Crippen LogP contribution >= 0.6 is 0 Å². The first kappa shape index (κ1) is 13.0. The number of nitrogens with zero attached hydrogens (tertiary/aromatic N) is 1. The highest BCUT2D eigenvalue weighted by Crippen LogP contribution is 2.21. The molecule has 1 aliphatic rings. The number of carbonyl (C=O) groups is 1. The molecule has 1 amide bonds. The van der Waals surface area contributed by atoms with E-state index in [1.807, 2.05) is 19.9 Å². The SMILES string of the molecule is CC1(C)CNCCN(Cc2cccc(F)c2)C1=O. The quantitative estimate of drug-likeness (QED) is 0.868. The predicted molar refractivity (Wildman–Crippen MR) is 68.5 cm³/mol. The summed E-state index contributed by atoms with van der Waals surface area (Å²) in [6.07, 6.45) is 0. The highest BCUT2D eigenvalue weighted by Gasteiger charge is 2.33. The van der Waals surface area contributed by atoms with Crippen LogP contribution in [0.4, 0.5) is 4.39 Å². The molecule has 1 fully saturated rings. The van der Waals surface area contributed by atoms with Gasteiger partial charge in [-0.2, -0.15) is 0 Å². The van der Waals surface area contributed by atoms with E-state index in [0.717, 1.165) is 12.1 Å². The van der Waals surface area contributed by atoms with E-state index in [9.17, 15) is 9.18 Å². The van der Waals surface area contributed by atoms with Gasteiger partial charge in [0, 0.05) is 26.2 Å². The number of hydrogen-bond acceptors (Lipinski definition) is 2. The lowest BCUT2D eigenvalue weighted by atomic mass is 9.92. The molecule has 4 heteroatoms. The van der Waals surface area contributed by atoms with Crippen LogP contribution < -0.4 is 5.32 Å². The molecule has 0 spiro atoms. The molecule has 1 aliphatic heterocycles. The topological polar surface area (TPSA) is 32.3 Å². The van der Waals surface area contributed by atoms with Crippen molar-refractivity contribution in [3.05, 3.63) is 35.6 Å². The molecule has 18 heavy (non-hydrogen) atoms. The average Bonchev–Trinajstić information content (AvgIpc) is 2.42. The molecular formula is C14H19FN2O. The van der Waals surface area contributed by atoms with Gasteiger partial charge in [0.15, 0.2) is 0 Å². The maximum atomic E-state index is 13.1. The highest BCUT2D eigenvalue weighted by atomic mass is 19.1. The number of rotatable bonds is 2. The zero-order chi connectivity index (χ0) is 13.2. The van der Waals surface area contributed by atoms with Crippen LogP contribution in [0.1, 0.15) is 19.4 Å². The Bertz CT molecular complexity index is 445. The van der Waals surface area contributed by atoms with Gasteiger partial charge in [0.1, 0.15) is 5.82 Å². The minimum Gasteiger partial charge on any atom is -0.337 e. The minimum atomic E-state index is -0.399. The second kappa shape index (κ2) is 5.06. The van der Waals surface area contributed by atoms with Gasteiger partial charge >= 0.3 is 0 Å². The summed E-state index contributed by atoms with van der Waals surface area (Å²) < 4.78 is 13.1. The third-order valence-electron chi connectivity index (χ3n) is 3.25. The lowest BCUT2D eigenvalue weighted by molar-refractivity contribution is -0.139. The van der Waals surface area contributed by atoms with E-state index >= 15 is 0 Å². The predicted octanol–water partition coefficient (Wildman–Crippen LogP) is 1.78. The third-order valence-corrected chi connectivity index (χ3v) is 3.25. The number of benzene rings is 1. The second-order valence-electron chi connectivity index (χ2n) is 5.42. The zero-order valence-corrected chi connectivity index (χ0v) is 10.9. The molecule has 1 aromatic rings. The lowest BCUT2D eigenvalue weighted by Gasteiger charge is -2.28. The number of nitrogens with one attached hydrogen (secondary N) is 1. The fourth-order valence-corrected chi connectivity index (χ4v) is 2.23. The van der Waals surface area contributed by atoms with E-state index in [2.05, 4.69) is 5.32 Å². The van der Waals surface area contributed by atoms with E-state index < -0.39 is 5.41 Å². The van der Waals surface area contributed by atoms with Gasteiger partial charge in [-0.25, -0.2) is 4.39 Å². The molecule has 2 rings (SSSR count). The van der Waals surface area contributed by atoms with Gasteiger partial charge in [-0.3, -0.25) is 4.79 Å². The Morgan fingerprint density at radius 1 is 1.44 bits per heavy atom. The Morgan fingerprint density at radius 2 is 2.22 bits per heavy atom. The van der Waals surface area contributed by atoms with Crippen LogP contribution in [0.3, 0.4) is 0 Å². The molecule has 1 heterocycles. The monoisotopic (exact) mass is 250 g/mol. The first-order valence-corrected chi connectivity index (χ1v) is 6.23. The molecule has 1 N–H and O–H groups in total. The van der Waals surface area contributed by atoms with E-state index in [1.54, 1.807) is 11.0 Å². The normalized spacial score (nSPS) is 19.7. The van der Waals surface area contributed by atoms with Crippen molar-refractivity contribution in [3.8, 4) is 0 Å². The fourth-order valence-electron chi connectivity index (χ4n) is 2.23. The van der Waals surface area contributed by atoms with E-state index in [-0.39, 0.29) is 11.7 Å². The Hall–Kier alpha value is -1.42. The van der Waals surface area contributed by atoms with E-state index in [1.165, 1.54) is 12.1 Å². The molecule has 0 saturated carbocycles. The number of carbonyl (C=O) groups excluding carboxylic acids is 1. The standard InChI is InChI=1S/C14H19FN2O/c1-14(2)10-16-6-7-17(13(14)18)9-11-4-3-5-12(15)8-11/h3-5,8,16H,6-7,9-10H2,1-2H3. The summed E-state index contributed by atoms with van der Waals surface area (Å²) in [5.74, 6) is -0.135. The highest BCUT2D eigenvalue weighted by molar-refractivity contribution is 5.82. The van der Waals surface area contributed by atoms with Gasteiger partial charge in [0.05, 0.1) is 5.41 Å². The molecule has 0 aliphatic carbocycles. The summed E-state index contributed by atoms with van der Waals surface area (Å²) in [5.41, 5.74) is 0.435. The van der Waals surface area contributed by atoms with E-state index in [4.69, 9.17) is 0 Å². The van der Waals surface area contributed by atoms with Crippen molar-refractivity contribution in [1.29, 1.82) is 0 Å². The molecule has 1 saturated heterocycles. The van der Waals surface area contributed by atoms with Crippen LogP contribution in [0.25, 0.3) is 0 Å². The molecule has 0 bridgehead atoms. The van der Waals surface area contributed by atoms with Crippen molar-refractivity contribution in [2.75, 3.05) is 19.6 Å². The smallest absolute Gasteiger partial charge is 0.229 e. The minimum absolute atomic E-state index is 0.122. The molecule has 0 unspecified atom stereocenters. The maximum absolute atomic E-state index is 13.1. The molecule has 98 valence electrons. The van der Waals surface area contributed by atoms with Crippen LogP contribution in [-0.4, -0.2) is 30.4 Å². The fraction of sp³-hybridized carbons (Fsp3) is 0.500. The Labute approximate surface area is 107 Å². The summed E-state index contributed by atoms with van der Waals surface area (Å²) >= 11 is 0. The molecule has 3 nitrogen and oxygen atoms in total. The molecular weight excluding hydrogens is 231 g/mol. The van der Waals surface area contributed by atoms with Gasteiger partial charge in [0.2, 0.25) is 5.91 Å². The summed E-state index contributed by atoms with van der Waals surface area (Å²) in [6.45, 7) is 6.48. The van der Waals surface area contributed by atoms with Crippen molar-refractivity contribution in [2.24, 2.45) is 5.41 Å². The van der Waals surface area contributed by atoms with Gasteiger partial charge < -0.3 is 10.2 Å². The van der Waals surface area contributed by atoms with Crippen molar-refractivity contribution in [2.45, 2.75) is 20.4 Å². The molecule has 0 aromatic heterocycles. The van der Waals surface area contributed by atoms with Gasteiger partial charge in [-0.05, 0) is 31.5 Å². The Balaban J connectivity index is 2.14. The van der Waals surface area contributed by atoms with Gasteiger partial charge in [-0.15, -0.1) is 0 Å². The largest absolute Gasteiger partial charge is 0.337 e. The van der Waals surface area contributed by atoms with Gasteiger partial charge in [-0.1, -0.05) is 12.1 Å². The first-order valence-electron chi connectivity index (χ1n) is 6.23. The van der Waals surface area contributed by atoms with Crippen molar-refractivity contribution >= 4 is 5.91 Å². The second-order valence-corrected chi connectivity index (χ2v) is 5.42. The Kier molecular flexibility index (Phi) is 3.66. The van der Waals surface area contributed by atoms with Crippen LogP contribution in [0, 0.1) is 11.2 Å². The number of halogens is 1.